The van der Waals surface area contributed by atoms with Crippen molar-refractivity contribution in [2.45, 2.75) is 51.1 Å². The molecule has 9 heteroatoms. The largest absolute Gasteiger partial charge is 0.444 e. The van der Waals surface area contributed by atoms with E-state index in [-0.39, 0.29) is 29.0 Å². The fourth-order valence-corrected chi connectivity index (χ4v) is 5.51. The Kier molecular flexibility index (Phi) is 7.07. The minimum absolute atomic E-state index is 0.0258. The normalized spacial score (nSPS) is 20.3. The fourth-order valence-electron chi connectivity index (χ4n) is 4.34. The third kappa shape index (κ3) is 5.78. The van der Waals surface area contributed by atoms with Crippen LogP contribution in [-0.4, -0.2) is 53.3 Å². The zero-order chi connectivity index (χ0) is 25.3. The van der Waals surface area contributed by atoms with Crippen molar-refractivity contribution in [3.63, 3.8) is 0 Å². The number of carbonyl (C=O) groups excluding carboxylic acids is 3. The lowest BCUT2D eigenvalue weighted by molar-refractivity contribution is -0.115. The highest BCUT2D eigenvalue weighted by Crippen LogP contribution is 2.43. The predicted molar refractivity (Wildman–Crippen MR) is 134 cm³/mol. The van der Waals surface area contributed by atoms with Gasteiger partial charge in [-0.25, -0.2) is 9.18 Å². The molecule has 2 fully saturated rings. The lowest BCUT2D eigenvalue weighted by Gasteiger charge is -2.26. The Morgan fingerprint density at radius 3 is 2.51 bits per heavy atom. The molecule has 0 bridgehead atoms. The fraction of sp³-hybridized carbons (Fsp3) is 0.423. The zero-order valence-electron chi connectivity index (χ0n) is 20.3. The third-order valence-electron chi connectivity index (χ3n) is 5.92. The van der Waals surface area contributed by atoms with E-state index in [1.807, 2.05) is 6.92 Å². The number of aryl methyl sites for hydroxylation is 1. The van der Waals surface area contributed by atoms with Crippen LogP contribution in [0.2, 0.25) is 0 Å². The molecule has 2 aromatic carbocycles. The molecule has 0 radical (unpaired) electrons. The molecule has 0 spiro atoms. The van der Waals surface area contributed by atoms with Crippen molar-refractivity contribution in [2.75, 3.05) is 23.7 Å². The molecule has 2 unspecified atom stereocenters. The maximum Gasteiger partial charge on any atom is 0.407 e. The number of rotatable bonds is 4. The van der Waals surface area contributed by atoms with Gasteiger partial charge in [-0.2, -0.15) is 0 Å². The minimum atomic E-state index is -0.581. The van der Waals surface area contributed by atoms with E-state index in [1.54, 1.807) is 60.9 Å². The number of benzene rings is 2. The van der Waals surface area contributed by atoms with Crippen molar-refractivity contribution in [1.29, 1.82) is 0 Å². The number of anilines is 1. The van der Waals surface area contributed by atoms with Crippen molar-refractivity contribution in [2.24, 2.45) is 0 Å². The molecule has 4 rings (SSSR count). The molecule has 0 saturated carbocycles. The second kappa shape index (κ2) is 9.89. The second-order valence-electron chi connectivity index (χ2n) is 9.86. The lowest BCUT2D eigenvalue weighted by atomic mass is 10.1. The van der Waals surface area contributed by atoms with Gasteiger partial charge < -0.3 is 15.0 Å². The average Bonchev–Trinajstić information content (AvgIpc) is 3.39. The van der Waals surface area contributed by atoms with E-state index in [2.05, 4.69) is 5.32 Å². The Labute approximate surface area is 209 Å². The van der Waals surface area contributed by atoms with Crippen molar-refractivity contribution in [3.8, 4) is 0 Å². The van der Waals surface area contributed by atoms with Gasteiger partial charge in [-0.05, 0) is 75.6 Å². The summed E-state index contributed by atoms with van der Waals surface area (Å²) in [5.41, 5.74) is 2.34. The first-order valence-corrected chi connectivity index (χ1v) is 12.7. The molecule has 3 amide bonds. The van der Waals surface area contributed by atoms with E-state index in [0.717, 1.165) is 16.8 Å². The Hall–Kier alpha value is -3.07. The van der Waals surface area contributed by atoms with E-state index in [4.69, 9.17) is 4.74 Å². The summed E-state index contributed by atoms with van der Waals surface area (Å²) in [5, 5.41) is 2.58. The summed E-state index contributed by atoms with van der Waals surface area (Å²) in [4.78, 5) is 41.4. The lowest BCUT2D eigenvalue weighted by Crippen LogP contribution is -2.41. The van der Waals surface area contributed by atoms with Crippen LogP contribution in [0, 0.1) is 12.7 Å². The summed E-state index contributed by atoms with van der Waals surface area (Å²) >= 11 is 1.49. The highest BCUT2D eigenvalue weighted by molar-refractivity contribution is 8.00. The Morgan fingerprint density at radius 1 is 1.14 bits per heavy atom. The van der Waals surface area contributed by atoms with Crippen molar-refractivity contribution in [1.82, 2.24) is 10.2 Å². The summed E-state index contributed by atoms with van der Waals surface area (Å²) < 4.78 is 18.7. The van der Waals surface area contributed by atoms with Gasteiger partial charge in [0.1, 0.15) is 16.8 Å². The van der Waals surface area contributed by atoms with Gasteiger partial charge in [-0.3, -0.25) is 14.5 Å². The van der Waals surface area contributed by atoms with Crippen molar-refractivity contribution >= 4 is 35.4 Å². The van der Waals surface area contributed by atoms with Gasteiger partial charge in [0.25, 0.3) is 5.91 Å². The molecule has 2 aliphatic rings. The monoisotopic (exact) mass is 499 g/mol. The summed E-state index contributed by atoms with van der Waals surface area (Å²) in [6.07, 6.45) is 0.168. The Balaban J connectivity index is 1.45. The SMILES string of the molecule is Cc1cc(C(=O)N2CCC(NC(=O)OC(C)(C)C)C2)ccc1N1C(=O)CSC1c1ccc(F)cc1. The van der Waals surface area contributed by atoms with E-state index >= 15 is 0 Å². The second-order valence-corrected chi connectivity index (χ2v) is 10.9. The van der Waals surface area contributed by atoms with E-state index in [1.165, 1.54) is 23.9 Å². The molecule has 0 aliphatic carbocycles. The summed E-state index contributed by atoms with van der Waals surface area (Å²) in [5.74, 6) is -0.131. The third-order valence-corrected chi connectivity index (χ3v) is 7.13. The average molecular weight is 500 g/mol. The number of thioether (sulfide) groups is 1. The Morgan fingerprint density at radius 2 is 1.86 bits per heavy atom. The summed E-state index contributed by atoms with van der Waals surface area (Å²) in [6, 6.07) is 11.3. The molecule has 186 valence electrons. The number of alkyl carbamates (subject to hydrolysis) is 1. The van der Waals surface area contributed by atoms with Crippen LogP contribution < -0.4 is 10.2 Å². The topological polar surface area (TPSA) is 79.0 Å². The number of hydrogen-bond acceptors (Lipinski definition) is 5. The van der Waals surface area contributed by atoms with Gasteiger partial charge in [0.15, 0.2) is 0 Å². The molecule has 35 heavy (non-hydrogen) atoms. The van der Waals surface area contributed by atoms with Crippen LogP contribution in [-0.2, 0) is 9.53 Å². The molecule has 2 aliphatic heterocycles. The minimum Gasteiger partial charge on any atom is -0.444 e. The summed E-state index contributed by atoms with van der Waals surface area (Å²) in [6.45, 7) is 8.24. The van der Waals surface area contributed by atoms with Gasteiger partial charge in [0, 0.05) is 24.3 Å². The van der Waals surface area contributed by atoms with Crippen LogP contribution >= 0.6 is 11.8 Å². The van der Waals surface area contributed by atoms with Crippen LogP contribution in [0.5, 0.6) is 0 Å². The van der Waals surface area contributed by atoms with Crippen LogP contribution in [0.1, 0.15) is 54.1 Å². The van der Waals surface area contributed by atoms with Crippen LogP contribution in [0.4, 0.5) is 14.9 Å². The number of hydrogen-bond donors (Lipinski definition) is 1. The van der Waals surface area contributed by atoms with Crippen LogP contribution in [0.3, 0.4) is 0 Å². The Bertz CT molecular complexity index is 1130. The molecule has 2 heterocycles. The first-order chi connectivity index (χ1) is 16.5. The van der Waals surface area contributed by atoms with Gasteiger partial charge in [0.05, 0.1) is 11.8 Å². The number of ether oxygens (including phenoxy) is 1. The number of amides is 3. The number of halogens is 1. The number of nitrogens with zero attached hydrogens (tertiary/aromatic N) is 2. The summed E-state index contributed by atoms with van der Waals surface area (Å²) in [7, 11) is 0. The maximum absolute atomic E-state index is 13.4. The molecule has 2 atom stereocenters. The molecule has 2 aromatic rings. The quantitative estimate of drug-likeness (QED) is 0.663. The van der Waals surface area contributed by atoms with E-state index < -0.39 is 11.7 Å². The molecular weight excluding hydrogens is 469 g/mol. The maximum atomic E-state index is 13.4. The van der Waals surface area contributed by atoms with Crippen molar-refractivity contribution < 1.29 is 23.5 Å². The molecule has 2 saturated heterocycles. The number of likely N-dealkylation sites (tertiary alicyclic amines) is 1. The highest BCUT2D eigenvalue weighted by atomic mass is 32.2. The number of carbonyl (C=O) groups is 3. The van der Waals surface area contributed by atoms with Gasteiger partial charge in [-0.15, -0.1) is 11.8 Å². The van der Waals surface area contributed by atoms with Gasteiger partial charge >= 0.3 is 6.09 Å². The smallest absolute Gasteiger partial charge is 0.407 e. The molecule has 0 aromatic heterocycles. The molecular formula is C26H30FN3O4S. The highest BCUT2D eigenvalue weighted by Gasteiger charge is 2.35. The first kappa shape index (κ1) is 25.0. The van der Waals surface area contributed by atoms with Gasteiger partial charge in [0.2, 0.25) is 5.91 Å². The van der Waals surface area contributed by atoms with E-state index in [0.29, 0.717) is 30.8 Å². The van der Waals surface area contributed by atoms with Crippen molar-refractivity contribution in [3.05, 3.63) is 65.0 Å². The standard InChI is InChI=1S/C26H30FN3O4S/c1-16-13-18(23(32)29-12-11-20(14-29)28-25(33)34-26(2,3)4)7-10-21(16)30-22(31)15-35-24(30)17-5-8-19(27)9-6-17/h5-10,13,20,24H,11-12,14-15H2,1-4H3,(H,28,33). The zero-order valence-corrected chi connectivity index (χ0v) is 21.2. The first-order valence-electron chi connectivity index (χ1n) is 11.6. The number of nitrogens with one attached hydrogen (secondary N) is 1. The predicted octanol–water partition coefficient (Wildman–Crippen LogP) is 4.65. The van der Waals surface area contributed by atoms with E-state index in [9.17, 15) is 18.8 Å². The van der Waals surface area contributed by atoms with Gasteiger partial charge in [-0.1, -0.05) is 12.1 Å². The van der Waals surface area contributed by atoms with Crippen LogP contribution in [0.25, 0.3) is 0 Å². The molecule has 7 nitrogen and oxygen atoms in total. The molecule has 1 N–H and O–H groups in total. The van der Waals surface area contributed by atoms with Crippen LogP contribution in [0.15, 0.2) is 42.5 Å².